The van der Waals surface area contributed by atoms with Crippen LogP contribution >= 0.6 is 11.8 Å². The first-order valence-corrected chi connectivity index (χ1v) is 9.59. The van der Waals surface area contributed by atoms with Crippen LogP contribution in [0.2, 0.25) is 0 Å². The first kappa shape index (κ1) is 17.5. The van der Waals surface area contributed by atoms with Gasteiger partial charge in [-0.15, -0.1) is 0 Å². The number of aromatic amines is 1. The molecule has 4 aromatic rings. The van der Waals surface area contributed by atoms with E-state index in [1.165, 1.54) is 16.3 Å². The van der Waals surface area contributed by atoms with Crippen molar-refractivity contribution in [2.75, 3.05) is 0 Å². The predicted octanol–water partition coefficient (Wildman–Crippen LogP) is 4.09. The Balaban J connectivity index is 1.72. The highest BCUT2D eigenvalue weighted by molar-refractivity contribution is 8.00. The fourth-order valence-corrected chi connectivity index (χ4v) is 4.25. The standard InChI is InChI=1S/C21H19N3O2S/c1-12-18(14-8-4-6-10-16(14)22-12)19(25)13(2)27-21-23-17-11-7-5-9-15(17)20(26)24(21)3/h4-11,13,22H,1-3H3. The minimum Gasteiger partial charge on any atom is -0.358 e. The maximum atomic E-state index is 13.1. The summed E-state index contributed by atoms with van der Waals surface area (Å²) in [6.45, 7) is 3.77. The summed E-state index contributed by atoms with van der Waals surface area (Å²) >= 11 is 1.31. The topological polar surface area (TPSA) is 67.8 Å². The van der Waals surface area contributed by atoms with Gasteiger partial charge in [-0.05, 0) is 32.0 Å². The molecule has 0 bridgehead atoms. The van der Waals surface area contributed by atoms with Gasteiger partial charge in [0.05, 0.1) is 16.2 Å². The van der Waals surface area contributed by atoms with Gasteiger partial charge in [0.25, 0.3) is 5.56 Å². The molecule has 0 spiro atoms. The Hall–Kier alpha value is -2.86. The summed E-state index contributed by atoms with van der Waals surface area (Å²) in [7, 11) is 1.69. The Kier molecular flexibility index (Phi) is 4.36. The Morgan fingerprint density at radius 1 is 1.11 bits per heavy atom. The number of nitrogens with one attached hydrogen (secondary N) is 1. The van der Waals surface area contributed by atoms with Crippen LogP contribution in [0.5, 0.6) is 0 Å². The van der Waals surface area contributed by atoms with Gasteiger partial charge in [0.2, 0.25) is 0 Å². The number of thioether (sulfide) groups is 1. The van der Waals surface area contributed by atoms with Crippen molar-refractivity contribution in [3.8, 4) is 0 Å². The van der Waals surface area contributed by atoms with E-state index in [4.69, 9.17) is 0 Å². The van der Waals surface area contributed by atoms with Crippen LogP contribution in [0.3, 0.4) is 0 Å². The molecule has 0 aliphatic rings. The molecule has 0 saturated heterocycles. The lowest BCUT2D eigenvalue weighted by molar-refractivity contribution is 0.0995. The molecule has 0 aliphatic heterocycles. The monoisotopic (exact) mass is 377 g/mol. The summed E-state index contributed by atoms with van der Waals surface area (Å²) in [5.41, 5.74) is 3.05. The number of hydrogen-bond acceptors (Lipinski definition) is 4. The molecule has 2 aromatic carbocycles. The normalized spacial score (nSPS) is 12.6. The second-order valence-corrected chi connectivity index (χ2v) is 7.88. The van der Waals surface area contributed by atoms with Gasteiger partial charge in [-0.1, -0.05) is 42.1 Å². The highest BCUT2D eigenvalue weighted by Gasteiger charge is 2.24. The second kappa shape index (κ2) is 6.70. The van der Waals surface area contributed by atoms with Gasteiger partial charge in [-0.3, -0.25) is 14.2 Å². The van der Waals surface area contributed by atoms with Crippen molar-refractivity contribution < 1.29 is 4.79 Å². The van der Waals surface area contributed by atoms with Gasteiger partial charge in [0, 0.05) is 29.2 Å². The van der Waals surface area contributed by atoms with E-state index in [-0.39, 0.29) is 16.6 Å². The van der Waals surface area contributed by atoms with Crippen molar-refractivity contribution >= 4 is 39.4 Å². The van der Waals surface area contributed by atoms with E-state index in [0.717, 1.165) is 16.6 Å². The molecule has 2 heterocycles. The van der Waals surface area contributed by atoms with E-state index in [0.29, 0.717) is 21.6 Å². The molecule has 2 aromatic heterocycles. The number of nitrogens with zero attached hydrogens (tertiary/aromatic N) is 2. The van der Waals surface area contributed by atoms with Crippen LogP contribution in [0.25, 0.3) is 21.8 Å². The maximum Gasteiger partial charge on any atom is 0.261 e. The van der Waals surface area contributed by atoms with Gasteiger partial charge in [0.1, 0.15) is 0 Å². The molecule has 136 valence electrons. The molecule has 1 N–H and O–H groups in total. The minimum absolute atomic E-state index is 0.0253. The first-order valence-electron chi connectivity index (χ1n) is 8.71. The number of Topliss-reactive ketones (excluding diaryl/α,β-unsaturated/α-hetero) is 1. The Morgan fingerprint density at radius 3 is 2.56 bits per heavy atom. The number of fused-ring (bicyclic) bond motifs is 2. The number of carbonyl (C=O) groups is 1. The fourth-order valence-electron chi connectivity index (χ4n) is 3.31. The van der Waals surface area contributed by atoms with Crippen LogP contribution in [-0.2, 0) is 7.05 Å². The fraction of sp³-hybridized carbons (Fsp3) is 0.190. The summed E-state index contributed by atoms with van der Waals surface area (Å²) in [6.07, 6.45) is 0. The van der Waals surface area contributed by atoms with Crippen LogP contribution < -0.4 is 5.56 Å². The third-order valence-corrected chi connectivity index (χ3v) is 5.88. The third kappa shape index (κ3) is 2.96. The van der Waals surface area contributed by atoms with Crippen molar-refractivity contribution in [2.24, 2.45) is 7.05 Å². The number of hydrogen-bond donors (Lipinski definition) is 1. The van der Waals surface area contributed by atoms with Gasteiger partial charge in [-0.2, -0.15) is 0 Å². The Bertz CT molecular complexity index is 1240. The number of benzene rings is 2. The van der Waals surface area contributed by atoms with Crippen molar-refractivity contribution in [1.29, 1.82) is 0 Å². The summed E-state index contributed by atoms with van der Waals surface area (Å²) in [4.78, 5) is 33.6. The zero-order valence-corrected chi connectivity index (χ0v) is 16.1. The number of aromatic nitrogens is 3. The summed E-state index contributed by atoms with van der Waals surface area (Å²) in [5, 5.41) is 1.67. The van der Waals surface area contributed by atoms with Crippen molar-refractivity contribution in [3.05, 3.63) is 70.1 Å². The summed E-state index contributed by atoms with van der Waals surface area (Å²) < 4.78 is 1.51. The lowest BCUT2D eigenvalue weighted by Gasteiger charge is -2.13. The molecule has 1 unspecified atom stereocenters. The molecule has 0 aliphatic carbocycles. The van der Waals surface area contributed by atoms with E-state index < -0.39 is 0 Å². The van der Waals surface area contributed by atoms with Crippen LogP contribution in [0, 0.1) is 6.92 Å². The number of rotatable bonds is 4. The van der Waals surface area contributed by atoms with Crippen LogP contribution in [0.15, 0.2) is 58.5 Å². The highest BCUT2D eigenvalue weighted by atomic mass is 32.2. The lowest BCUT2D eigenvalue weighted by atomic mass is 10.1. The number of carbonyl (C=O) groups excluding carboxylic acids is 1. The molecule has 0 saturated carbocycles. The molecule has 27 heavy (non-hydrogen) atoms. The predicted molar refractivity (Wildman–Crippen MR) is 110 cm³/mol. The van der Waals surface area contributed by atoms with E-state index in [1.54, 1.807) is 13.1 Å². The quantitative estimate of drug-likeness (QED) is 0.330. The summed E-state index contributed by atoms with van der Waals surface area (Å²) in [5.74, 6) is 0.0253. The Morgan fingerprint density at radius 2 is 1.78 bits per heavy atom. The molecule has 5 nitrogen and oxygen atoms in total. The number of H-pyrrole nitrogens is 1. The second-order valence-electron chi connectivity index (χ2n) is 6.57. The molecular formula is C21H19N3O2S. The van der Waals surface area contributed by atoms with Crippen molar-refractivity contribution in [1.82, 2.24) is 14.5 Å². The first-order chi connectivity index (χ1) is 13.0. The smallest absolute Gasteiger partial charge is 0.261 e. The number of para-hydroxylation sites is 2. The van der Waals surface area contributed by atoms with Gasteiger partial charge >= 0.3 is 0 Å². The average molecular weight is 377 g/mol. The maximum absolute atomic E-state index is 13.1. The van der Waals surface area contributed by atoms with Crippen LogP contribution in [-0.4, -0.2) is 25.6 Å². The molecule has 0 amide bonds. The van der Waals surface area contributed by atoms with E-state index in [9.17, 15) is 9.59 Å². The SMILES string of the molecule is Cc1[nH]c2ccccc2c1C(=O)C(C)Sc1nc2ccccc2c(=O)n1C. The molecular weight excluding hydrogens is 358 g/mol. The van der Waals surface area contributed by atoms with E-state index in [1.807, 2.05) is 56.3 Å². The van der Waals surface area contributed by atoms with Gasteiger partial charge in [-0.25, -0.2) is 4.98 Å². The number of aryl methyl sites for hydroxylation is 1. The zero-order chi connectivity index (χ0) is 19.1. The summed E-state index contributed by atoms with van der Waals surface area (Å²) in [6, 6.07) is 15.1. The lowest BCUT2D eigenvalue weighted by Crippen LogP contribution is -2.22. The van der Waals surface area contributed by atoms with Gasteiger partial charge in [0.15, 0.2) is 10.9 Å². The van der Waals surface area contributed by atoms with Crippen molar-refractivity contribution in [3.63, 3.8) is 0 Å². The average Bonchev–Trinajstić information content (AvgIpc) is 3.01. The minimum atomic E-state index is -0.373. The Labute approximate surface area is 160 Å². The van der Waals surface area contributed by atoms with E-state index >= 15 is 0 Å². The van der Waals surface area contributed by atoms with Gasteiger partial charge < -0.3 is 4.98 Å². The van der Waals surface area contributed by atoms with Crippen molar-refractivity contribution in [2.45, 2.75) is 24.3 Å². The van der Waals surface area contributed by atoms with Crippen LogP contribution in [0.1, 0.15) is 23.0 Å². The van der Waals surface area contributed by atoms with Crippen LogP contribution in [0.4, 0.5) is 0 Å². The molecule has 1 atom stereocenters. The third-order valence-electron chi connectivity index (χ3n) is 4.73. The molecule has 0 radical (unpaired) electrons. The molecule has 4 rings (SSSR count). The molecule has 6 heteroatoms. The van der Waals surface area contributed by atoms with E-state index in [2.05, 4.69) is 9.97 Å². The zero-order valence-electron chi connectivity index (χ0n) is 15.3. The number of ketones is 1. The highest BCUT2D eigenvalue weighted by Crippen LogP contribution is 2.29. The molecule has 0 fully saturated rings. The largest absolute Gasteiger partial charge is 0.358 e.